The number of rotatable bonds is 14. The minimum absolute atomic E-state index is 0. The molecule has 17 aromatic rings. The van der Waals surface area contributed by atoms with E-state index in [9.17, 15) is 0 Å². The first-order valence-electron chi connectivity index (χ1n) is 42.4. The molecule has 0 radical (unpaired) electrons. The van der Waals surface area contributed by atoms with E-state index in [1.807, 2.05) is 28.2 Å². The van der Waals surface area contributed by atoms with Gasteiger partial charge in [0, 0.05) is 52.2 Å². The number of halogens is 3. The Labute approximate surface area is 842 Å². The first kappa shape index (κ1) is 106. The van der Waals surface area contributed by atoms with Crippen molar-refractivity contribution in [3.8, 4) is 66.7 Å². The van der Waals surface area contributed by atoms with Gasteiger partial charge in [0.05, 0.1) is 32.0 Å². The molecule has 0 fully saturated rings. The minimum Gasteiger partial charge on any atom is -0.0622 e. The SMILES string of the molecule is Brc1ccsc1.C[Si](C)(C)C#Cc1c(-c2ccsc2)sc(-c2ccsc2)c1C#C[Si](C)(C)C.C[Si](C)(C)C#Cc1cscc1C#C[Si](C)(C)C.[Cl][Zn][Cl].[Pd].c1ccc(P(c2ccccc2)c2ccccc2)cc1.c1ccc(P(c2ccccc2)c2ccccc2)cc1.c1ccc(P(c2ccccc2)c2ccccc2)cc1.c1ccc(P(c2ccccc2)c2ccccc2)cc1. The molecular weight excluding hydrogens is 2060 g/mol. The van der Waals surface area contributed by atoms with Crippen molar-refractivity contribution in [2.75, 3.05) is 0 Å². The zero-order valence-electron chi connectivity index (χ0n) is 75.5. The van der Waals surface area contributed by atoms with Gasteiger partial charge in [-0.25, -0.2) is 0 Å². The van der Waals surface area contributed by atoms with E-state index in [-0.39, 0.29) is 20.4 Å². The van der Waals surface area contributed by atoms with Crippen LogP contribution in [0.15, 0.2) is 430 Å². The van der Waals surface area contributed by atoms with E-state index in [0.717, 1.165) is 22.3 Å². The molecule has 12 aromatic carbocycles. The van der Waals surface area contributed by atoms with E-state index in [1.54, 1.807) is 45.3 Å². The van der Waals surface area contributed by atoms with Gasteiger partial charge in [-0.15, -0.1) is 44.8 Å². The van der Waals surface area contributed by atoms with Crippen LogP contribution in [0.3, 0.4) is 0 Å². The van der Waals surface area contributed by atoms with Crippen molar-refractivity contribution < 1.29 is 35.6 Å². The molecule has 0 unspecified atom stereocenters. The number of benzene rings is 12. The summed E-state index contributed by atoms with van der Waals surface area (Å²) in [6, 6.07) is 136. The van der Waals surface area contributed by atoms with Crippen molar-refractivity contribution in [3.05, 3.63) is 452 Å². The number of thiophene rings is 5. The molecule has 0 nitrogen and oxygen atoms in total. The summed E-state index contributed by atoms with van der Waals surface area (Å²) >= 11 is 11.1. The maximum absolute atomic E-state index is 4.95. The van der Waals surface area contributed by atoms with Crippen molar-refractivity contribution in [2.45, 2.75) is 78.6 Å². The molecule has 0 N–H and O–H groups in total. The Morgan fingerprint density at radius 3 is 0.562 bits per heavy atom. The van der Waals surface area contributed by atoms with Gasteiger partial charge in [0.15, 0.2) is 0 Å². The Kier molecular flexibility index (Phi) is 46.1. The maximum Gasteiger partial charge on any atom is 0 e. The first-order chi connectivity index (χ1) is 62.4. The average molecular weight is 2170 g/mol. The zero-order chi connectivity index (χ0) is 91.5. The van der Waals surface area contributed by atoms with Crippen molar-refractivity contribution in [1.29, 1.82) is 0 Å². The van der Waals surface area contributed by atoms with Gasteiger partial charge in [-0.3, -0.25) is 0 Å². The molecule has 5 heterocycles. The maximum atomic E-state index is 4.95. The third-order valence-electron chi connectivity index (χ3n) is 18.1. The van der Waals surface area contributed by atoms with Gasteiger partial charge in [0.1, 0.15) is 32.3 Å². The van der Waals surface area contributed by atoms with Crippen molar-refractivity contribution in [2.24, 2.45) is 0 Å². The summed E-state index contributed by atoms with van der Waals surface area (Å²) in [6.45, 7) is 27.4. The molecular formula is C112H107BrCl2P4PdS5Si4Zn. The van der Waals surface area contributed by atoms with Crippen LogP contribution in [-0.2, 0) is 35.6 Å². The fourth-order valence-corrected chi connectivity index (χ4v) is 28.1. The topological polar surface area (TPSA) is 0 Å². The van der Waals surface area contributed by atoms with E-state index < -0.39 is 79.1 Å². The van der Waals surface area contributed by atoms with Gasteiger partial charge < -0.3 is 0 Å². The summed E-state index contributed by atoms with van der Waals surface area (Å²) in [4.78, 5) is 2.53. The van der Waals surface area contributed by atoms with E-state index in [2.05, 4.69) is 549 Å². The molecule has 5 aromatic heterocycles. The van der Waals surface area contributed by atoms with Crippen LogP contribution in [0.5, 0.6) is 0 Å². The summed E-state index contributed by atoms with van der Waals surface area (Å²) in [5.74, 6) is 13.8. The molecule has 0 aliphatic rings. The van der Waals surface area contributed by atoms with Crippen LogP contribution in [0, 0.1) is 45.9 Å². The van der Waals surface area contributed by atoms with Crippen LogP contribution in [0.1, 0.15) is 22.3 Å². The molecule has 0 atom stereocenters. The third-order valence-corrected chi connectivity index (χ3v) is 36.2. The van der Waals surface area contributed by atoms with Crippen LogP contribution in [0.4, 0.5) is 0 Å². The monoisotopic (exact) mass is 2170 g/mol. The molecule has 0 aliphatic carbocycles. The number of hydrogen-bond acceptors (Lipinski definition) is 5. The summed E-state index contributed by atoms with van der Waals surface area (Å²) in [5.41, 5.74) is 21.0. The second-order valence-corrected chi connectivity index (χ2v) is 70.7. The zero-order valence-corrected chi connectivity index (χ0v) is 94.8. The smallest absolute Gasteiger partial charge is 0 e. The first-order valence-corrected chi connectivity index (χ1v) is 75.0. The summed E-state index contributed by atoms with van der Waals surface area (Å²) in [6.07, 6.45) is 0. The van der Waals surface area contributed by atoms with Gasteiger partial charge in [-0.2, -0.15) is 34.0 Å². The van der Waals surface area contributed by atoms with Crippen molar-refractivity contribution >= 4 is 220 Å². The Balaban J connectivity index is 0.000000173. The van der Waals surface area contributed by atoms with E-state index in [1.165, 1.54) is 89.0 Å². The Bertz CT molecular complexity index is 5320. The Morgan fingerprint density at radius 2 is 0.415 bits per heavy atom. The second kappa shape index (κ2) is 56.5. The predicted octanol–water partition coefficient (Wildman–Crippen LogP) is 29.5. The minimum atomic E-state index is -1.48. The standard InChI is InChI=1S/C22H24S3Si2.4C18H15P.C14H20SSi2.C4H3BrS.2ClH.Pd.Zn/c1-26(2,3)13-9-19-20(10-14-27(4,5)6)22(18-8-12-24-16-18)25-21(19)17-7-11-23-15-17;4*1-4-10-16(11-5-1)19(17-12-6-2-7-13-17)18-14-8-3-9-15-18;1-16(2,3)9-7-13-11-15-12-14(13)8-10-17(4,5)6;5-4-1-2-6-3-4;;;;/h7-8,11-12,15-16H,1-6H3;4*1-15H;11-12H,1-6H3;1-3H;2*1H;;/q;;;;;;;;;;+2/p-2. The fraction of sp³-hybridized carbons (Fsp3) is 0.107. The molecule has 0 aliphatic heterocycles. The normalized spacial score (nSPS) is 10.5. The molecule has 0 saturated carbocycles. The molecule has 130 heavy (non-hydrogen) atoms. The van der Waals surface area contributed by atoms with Gasteiger partial charge >= 0.3 is 34.5 Å². The van der Waals surface area contributed by atoms with Crippen molar-refractivity contribution in [3.63, 3.8) is 0 Å². The predicted molar refractivity (Wildman–Crippen MR) is 600 cm³/mol. The molecule has 654 valence electrons. The fourth-order valence-electron chi connectivity index (χ4n) is 12.3. The quantitative estimate of drug-likeness (QED) is 0.0578. The van der Waals surface area contributed by atoms with Crippen molar-refractivity contribution in [1.82, 2.24) is 0 Å². The Morgan fingerprint density at radius 1 is 0.238 bits per heavy atom. The van der Waals surface area contributed by atoms with Crippen LogP contribution >= 0.6 is 124 Å². The van der Waals surface area contributed by atoms with E-state index in [4.69, 9.17) is 19.4 Å². The number of hydrogen-bond donors (Lipinski definition) is 0. The van der Waals surface area contributed by atoms with Gasteiger partial charge in [0.25, 0.3) is 0 Å². The molecule has 0 spiro atoms. The van der Waals surface area contributed by atoms with E-state index in [0.29, 0.717) is 0 Å². The molecule has 0 amide bonds. The summed E-state index contributed by atoms with van der Waals surface area (Å²) < 4.78 is 1.17. The summed E-state index contributed by atoms with van der Waals surface area (Å²) in [5, 5.41) is 33.8. The van der Waals surface area contributed by atoms with Gasteiger partial charge in [0.2, 0.25) is 0 Å². The van der Waals surface area contributed by atoms with Gasteiger partial charge in [-0.05, 0) is 156 Å². The van der Waals surface area contributed by atoms with Crippen LogP contribution in [-0.4, -0.2) is 32.3 Å². The van der Waals surface area contributed by atoms with Crippen LogP contribution < -0.4 is 63.7 Å². The molecule has 0 bridgehead atoms. The average Bonchev–Trinajstić information content (AvgIpc) is 1.62. The van der Waals surface area contributed by atoms with Crippen LogP contribution in [0.25, 0.3) is 20.9 Å². The van der Waals surface area contributed by atoms with Gasteiger partial charge in [-0.1, -0.05) is 466 Å². The summed E-state index contributed by atoms with van der Waals surface area (Å²) in [7, 11) is 2.58. The molecule has 18 heteroatoms. The Hall–Kier alpha value is -7.69. The molecule has 0 saturated heterocycles. The van der Waals surface area contributed by atoms with Crippen LogP contribution in [0.2, 0.25) is 78.6 Å². The second-order valence-electron chi connectivity index (χ2n) is 33.1. The largest absolute Gasteiger partial charge is 0.0622 e. The van der Waals surface area contributed by atoms with E-state index >= 15 is 0 Å². The molecule has 17 rings (SSSR count). The third kappa shape index (κ3) is 36.9.